The Balaban J connectivity index is 2.42. The van der Waals surface area contributed by atoms with Gasteiger partial charge in [0.1, 0.15) is 5.75 Å². The van der Waals surface area contributed by atoms with Crippen molar-refractivity contribution in [2.24, 2.45) is 0 Å². The van der Waals surface area contributed by atoms with Gasteiger partial charge in [-0.05, 0) is 36.8 Å². The van der Waals surface area contributed by atoms with Gasteiger partial charge in [0.05, 0.1) is 0 Å². The maximum Gasteiger partial charge on any atom is 0.187 e. The zero-order chi connectivity index (χ0) is 7.68. The minimum atomic E-state index is 0.587. The van der Waals surface area contributed by atoms with Crippen LogP contribution in [0.4, 0.5) is 0 Å². The summed E-state index contributed by atoms with van der Waals surface area (Å²) in [7, 11) is 0. The molecule has 1 heterocycles. The van der Waals surface area contributed by atoms with Crippen LogP contribution < -0.4 is 4.74 Å². The van der Waals surface area contributed by atoms with Crippen molar-refractivity contribution in [2.45, 2.75) is 6.42 Å². The lowest BCUT2D eigenvalue weighted by Crippen LogP contribution is -1.99. The van der Waals surface area contributed by atoms with E-state index in [1.165, 1.54) is 5.56 Å². The molecule has 1 aliphatic heterocycles. The van der Waals surface area contributed by atoms with Crippen LogP contribution in [0.5, 0.6) is 5.75 Å². The van der Waals surface area contributed by atoms with Crippen molar-refractivity contribution in [3.63, 3.8) is 0 Å². The summed E-state index contributed by atoms with van der Waals surface area (Å²) in [5.41, 5.74) is 1.21. The number of hydrogen-bond donors (Lipinski definition) is 0. The Morgan fingerprint density at radius 3 is 3.00 bits per heavy atom. The van der Waals surface area contributed by atoms with Gasteiger partial charge in [-0.3, -0.25) is 0 Å². The van der Waals surface area contributed by atoms with Crippen LogP contribution in [-0.2, 0) is 6.42 Å². The molecule has 0 amide bonds. The number of fused-ring (bicyclic) bond motifs is 1. The summed E-state index contributed by atoms with van der Waals surface area (Å²) < 4.78 is 5.31. The van der Waals surface area contributed by atoms with Crippen molar-refractivity contribution in [2.75, 3.05) is 0 Å². The van der Waals surface area contributed by atoms with E-state index >= 15 is 0 Å². The van der Waals surface area contributed by atoms with Crippen LogP contribution in [0.15, 0.2) is 35.4 Å². The highest BCUT2D eigenvalue weighted by Gasteiger charge is 2.08. The first kappa shape index (κ1) is 6.68. The minimum Gasteiger partial charge on any atom is -0.446 e. The zero-order valence-electron chi connectivity index (χ0n) is 5.91. The lowest BCUT2D eigenvalue weighted by Gasteiger charge is -2.13. The molecular formula is C9H7OS. The van der Waals surface area contributed by atoms with Crippen molar-refractivity contribution in [1.29, 1.82) is 0 Å². The van der Waals surface area contributed by atoms with Gasteiger partial charge in [0.25, 0.3) is 0 Å². The van der Waals surface area contributed by atoms with Gasteiger partial charge < -0.3 is 4.74 Å². The smallest absolute Gasteiger partial charge is 0.187 e. The molecule has 0 spiro atoms. The van der Waals surface area contributed by atoms with Crippen molar-refractivity contribution in [3.8, 4) is 5.75 Å². The van der Waals surface area contributed by atoms with Gasteiger partial charge in [-0.1, -0.05) is 18.2 Å². The monoisotopic (exact) mass is 163 g/mol. The molecule has 1 nitrogen and oxygen atoms in total. The van der Waals surface area contributed by atoms with Crippen LogP contribution in [0, 0.1) is 0 Å². The van der Waals surface area contributed by atoms with Gasteiger partial charge in [-0.2, -0.15) is 0 Å². The molecule has 2 heteroatoms. The number of allylic oxidation sites excluding steroid dienone is 1. The van der Waals surface area contributed by atoms with Gasteiger partial charge in [-0.25, -0.2) is 0 Å². The molecular weight excluding hydrogens is 156 g/mol. The third kappa shape index (κ3) is 1.21. The van der Waals surface area contributed by atoms with Crippen LogP contribution >= 0.6 is 12.6 Å². The molecule has 0 atom stereocenters. The fraction of sp³-hybridized carbons (Fsp3) is 0.111. The van der Waals surface area contributed by atoms with Gasteiger partial charge >= 0.3 is 0 Å². The largest absolute Gasteiger partial charge is 0.446 e. The molecule has 0 unspecified atom stereocenters. The lowest BCUT2D eigenvalue weighted by molar-refractivity contribution is 0.451. The second-order valence-electron chi connectivity index (χ2n) is 2.44. The van der Waals surface area contributed by atoms with Crippen LogP contribution in [0.25, 0.3) is 0 Å². The Bertz CT molecular complexity index is 304. The first-order valence-corrected chi connectivity index (χ1v) is 3.90. The number of hydrogen-bond acceptors (Lipinski definition) is 1. The normalized spacial score (nSPS) is 14.7. The summed E-state index contributed by atoms with van der Waals surface area (Å²) in [5.74, 6) is 0.903. The highest BCUT2D eigenvalue weighted by molar-refractivity contribution is 7.84. The van der Waals surface area contributed by atoms with Crippen molar-refractivity contribution >= 4 is 12.6 Å². The molecule has 0 saturated heterocycles. The predicted octanol–water partition coefficient (Wildman–Crippen LogP) is 2.66. The summed E-state index contributed by atoms with van der Waals surface area (Å²) in [4.78, 5) is 0. The van der Waals surface area contributed by atoms with E-state index in [2.05, 4.69) is 0 Å². The first-order chi connectivity index (χ1) is 5.36. The maximum atomic E-state index is 5.31. The van der Waals surface area contributed by atoms with Gasteiger partial charge in [-0.15, -0.1) is 0 Å². The van der Waals surface area contributed by atoms with Crippen LogP contribution in [0.2, 0.25) is 0 Å². The third-order valence-corrected chi connectivity index (χ3v) is 1.92. The molecule has 55 valence electrons. The molecule has 0 fully saturated rings. The average Bonchev–Trinajstić information content (AvgIpc) is 2.04. The van der Waals surface area contributed by atoms with Gasteiger partial charge in [0.15, 0.2) is 5.09 Å². The van der Waals surface area contributed by atoms with Gasteiger partial charge in [0, 0.05) is 0 Å². The molecule has 11 heavy (non-hydrogen) atoms. The first-order valence-electron chi connectivity index (χ1n) is 3.49. The Labute approximate surface area is 71.1 Å². The Morgan fingerprint density at radius 2 is 2.09 bits per heavy atom. The Morgan fingerprint density at radius 1 is 1.27 bits per heavy atom. The average molecular weight is 163 g/mol. The molecule has 2 rings (SSSR count). The van der Waals surface area contributed by atoms with E-state index < -0.39 is 0 Å². The summed E-state index contributed by atoms with van der Waals surface area (Å²) >= 11 is 4.90. The van der Waals surface area contributed by atoms with E-state index in [9.17, 15) is 0 Å². The summed E-state index contributed by atoms with van der Waals surface area (Å²) in [6.45, 7) is 0. The van der Waals surface area contributed by atoms with Crippen molar-refractivity contribution < 1.29 is 4.74 Å². The molecule has 1 aromatic rings. The van der Waals surface area contributed by atoms with Gasteiger partial charge in [0.2, 0.25) is 0 Å². The zero-order valence-corrected chi connectivity index (χ0v) is 6.73. The van der Waals surface area contributed by atoms with E-state index in [1.807, 2.05) is 30.3 Å². The molecule has 0 N–H and O–H groups in total. The number of benzene rings is 1. The number of rotatable bonds is 0. The molecule has 1 radical (unpaired) electrons. The molecule has 1 aromatic carbocycles. The Kier molecular flexibility index (Phi) is 1.55. The number of ether oxygens (including phenoxy) is 1. The quantitative estimate of drug-likeness (QED) is 0.571. The fourth-order valence-corrected chi connectivity index (χ4v) is 1.29. The standard InChI is InChI=1S/C9H7OS/c11-9-6-5-7-3-1-2-4-8(7)10-9/h1-4,6H,5H2. The van der Waals surface area contributed by atoms with E-state index in [0.717, 1.165) is 12.2 Å². The van der Waals surface area contributed by atoms with Crippen LogP contribution in [-0.4, -0.2) is 0 Å². The van der Waals surface area contributed by atoms with Crippen molar-refractivity contribution in [1.82, 2.24) is 0 Å². The topological polar surface area (TPSA) is 9.23 Å². The SMILES string of the molecule is [S]C1=CCc2ccccc2O1. The third-order valence-electron chi connectivity index (χ3n) is 1.67. The molecule has 0 aliphatic carbocycles. The molecule has 0 aromatic heterocycles. The summed E-state index contributed by atoms with van der Waals surface area (Å²) in [6.07, 6.45) is 2.81. The molecule has 1 aliphatic rings. The second-order valence-corrected chi connectivity index (χ2v) is 2.84. The lowest BCUT2D eigenvalue weighted by atomic mass is 10.1. The fourth-order valence-electron chi connectivity index (χ4n) is 1.12. The predicted molar refractivity (Wildman–Crippen MR) is 46.4 cm³/mol. The minimum absolute atomic E-state index is 0.587. The van der Waals surface area contributed by atoms with Crippen molar-refractivity contribution in [3.05, 3.63) is 41.0 Å². The second kappa shape index (κ2) is 2.55. The number of para-hydroxylation sites is 1. The molecule has 0 saturated carbocycles. The van der Waals surface area contributed by atoms with Crippen LogP contribution in [0.3, 0.4) is 0 Å². The maximum absolute atomic E-state index is 5.31. The van der Waals surface area contributed by atoms with E-state index in [4.69, 9.17) is 17.4 Å². The van der Waals surface area contributed by atoms with E-state index in [0.29, 0.717) is 5.09 Å². The highest BCUT2D eigenvalue weighted by Crippen LogP contribution is 2.26. The molecule has 0 bridgehead atoms. The van der Waals surface area contributed by atoms with E-state index in [-0.39, 0.29) is 0 Å². The summed E-state index contributed by atoms with van der Waals surface area (Å²) in [5, 5.41) is 0.587. The van der Waals surface area contributed by atoms with E-state index in [1.54, 1.807) is 0 Å². The highest BCUT2D eigenvalue weighted by atomic mass is 32.1. The Hall–Kier alpha value is -1.02. The summed E-state index contributed by atoms with van der Waals surface area (Å²) in [6, 6.07) is 7.94. The van der Waals surface area contributed by atoms with Crippen LogP contribution in [0.1, 0.15) is 5.56 Å².